The number of aromatic hydroxyl groups is 1. The molecule has 0 bridgehead atoms. The lowest BCUT2D eigenvalue weighted by Crippen LogP contribution is -1.83. The number of aromatic nitrogens is 1. The van der Waals surface area contributed by atoms with Crippen LogP contribution in [0.15, 0.2) is 46.0 Å². The number of hydrogen-bond acceptors (Lipinski definition) is 3. The van der Waals surface area contributed by atoms with Crippen molar-refractivity contribution in [2.24, 2.45) is 4.99 Å². The largest absolute Gasteiger partial charge is 0.494 e. The maximum Gasteiger partial charge on any atom is 0.198 e. The summed E-state index contributed by atoms with van der Waals surface area (Å²) < 4.78 is 18.4. The summed E-state index contributed by atoms with van der Waals surface area (Å²) in [5.74, 6) is 0.345. The summed E-state index contributed by atoms with van der Waals surface area (Å²) in [6.45, 7) is 0.369. The van der Waals surface area contributed by atoms with Gasteiger partial charge in [-0.05, 0) is 30.3 Å². The molecule has 0 spiro atoms. The smallest absolute Gasteiger partial charge is 0.198 e. The van der Waals surface area contributed by atoms with Gasteiger partial charge >= 0.3 is 0 Å². The Balaban J connectivity index is 1.93. The van der Waals surface area contributed by atoms with Crippen molar-refractivity contribution < 1.29 is 13.9 Å². The molecule has 0 atom stereocenters. The van der Waals surface area contributed by atoms with E-state index >= 15 is 0 Å². The Hall–Kier alpha value is -2.56. The second kappa shape index (κ2) is 4.61. The topological polar surface area (TPSA) is 61.5 Å². The molecule has 3 rings (SSSR count). The maximum atomic E-state index is 13.2. The van der Waals surface area contributed by atoms with Crippen molar-refractivity contribution in [3.05, 3.63) is 53.7 Å². The first-order valence-corrected chi connectivity index (χ1v) is 5.76. The Kier molecular flexibility index (Phi) is 2.79. The van der Waals surface area contributed by atoms with Crippen molar-refractivity contribution in [3.63, 3.8) is 0 Å². The van der Waals surface area contributed by atoms with E-state index in [2.05, 4.69) is 9.98 Å². The molecule has 2 heterocycles. The summed E-state index contributed by atoms with van der Waals surface area (Å²) in [7, 11) is 0. The Bertz CT molecular complexity index is 729. The molecule has 0 saturated carbocycles. The van der Waals surface area contributed by atoms with Crippen molar-refractivity contribution in [3.8, 4) is 5.88 Å². The van der Waals surface area contributed by atoms with Crippen LogP contribution in [0.3, 0.4) is 0 Å². The number of halogens is 1. The molecular weight excluding hydrogens is 247 g/mol. The second-order valence-corrected chi connectivity index (χ2v) is 4.13. The molecule has 5 heteroatoms. The number of rotatable bonds is 3. The lowest BCUT2D eigenvalue weighted by atomic mass is 10.2. The summed E-state index contributed by atoms with van der Waals surface area (Å²) in [4.78, 5) is 6.95. The number of benzene rings is 1. The van der Waals surface area contributed by atoms with Crippen molar-refractivity contribution in [1.82, 2.24) is 4.98 Å². The van der Waals surface area contributed by atoms with E-state index in [1.165, 1.54) is 18.3 Å². The maximum absolute atomic E-state index is 13.2. The van der Waals surface area contributed by atoms with E-state index in [-0.39, 0.29) is 11.7 Å². The minimum Gasteiger partial charge on any atom is -0.494 e. The van der Waals surface area contributed by atoms with Gasteiger partial charge in [0.05, 0.1) is 18.4 Å². The van der Waals surface area contributed by atoms with Gasteiger partial charge in [-0.3, -0.25) is 4.99 Å². The lowest BCUT2D eigenvalue weighted by molar-refractivity contribution is 0.457. The molecule has 0 amide bonds. The Morgan fingerprint density at radius 2 is 2.26 bits per heavy atom. The van der Waals surface area contributed by atoms with Gasteiger partial charge in [0.15, 0.2) is 5.88 Å². The van der Waals surface area contributed by atoms with Gasteiger partial charge in [0.1, 0.15) is 11.6 Å². The number of hydrogen-bond donors (Lipinski definition) is 2. The van der Waals surface area contributed by atoms with Gasteiger partial charge in [-0.1, -0.05) is 0 Å². The molecule has 19 heavy (non-hydrogen) atoms. The minimum atomic E-state index is -0.354. The first-order valence-electron chi connectivity index (χ1n) is 5.76. The van der Waals surface area contributed by atoms with Crippen molar-refractivity contribution >= 4 is 17.1 Å². The van der Waals surface area contributed by atoms with Gasteiger partial charge in [-0.15, -0.1) is 0 Å². The monoisotopic (exact) mass is 258 g/mol. The molecule has 0 fully saturated rings. The summed E-state index contributed by atoms with van der Waals surface area (Å²) in [6.07, 6.45) is 3.08. The van der Waals surface area contributed by atoms with Crippen LogP contribution in [0.1, 0.15) is 11.3 Å². The minimum absolute atomic E-state index is 0.0243. The normalized spacial score (nSPS) is 11.6. The van der Waals surface area contributed by atoms with Crippen LogP contribution in [0.2, 0.25) is 0 Å². The van der Waals surface area contributed by atoms with Gasteiger partial charge in [-0.2, -0.15) is 0 Å². The molecule has 2 N–H and O–H groups in total. The van der Waals surface area contributed by atoms with Crippen LogP contribution in [0, 0.1) is 5.82 Å². The summed E-state index contributed by atoms with van der Waals surface area (Å²) in [6, 6.07) is 7.87. The van der Waals surface area contributed by atoms with E-state index in [9.17, 15) is 9.50 Å². The number of nitrogens with zero attached hydrogens (tertiary/aromatic N) is 1. The predicted molar refractivity (Wildman–Crippen MR) is 69.9 cm³/mol. The van der Waals surface area contributed by atoms with Crippen molar-refractivity contribution in [2.75, 3.05) is 0 Å². The average molecular weight is 258 g/mol. The predicted octanol–water partition coefficient (Wildman–Crippen LogP) is 3.22. The molecule has 0 aliphatic carbocycles. The number of aliphatic imine (C=N–C) groups is 1. The molecule has 2 aromatic heterocycles. The standard InChI is InChI=1S/C14H11FN2O2/c15-9-3-4-13-11(6-9)12(14(18)17-13)8-16-7-10-2-1-5-19-10/h1-6,8,17-18H,7H2. The van der Waals surface area contributed by atoms with Gasteiger partial charge in [-0.25, -0.2) is 4.39 Å². The first kappa shape index (κ1) is 11.5. The van der Waals surface area contributed by atoms with Crippen LogP contribution >= 0.6 is 0 Å². The van der Waals surface area contributed by atoms with Crippen LogP contribution in [0.5, 0.6) is 5.88 Å². The van der Waals surface area contributed by atoms with Crippen LogP contribution in [0.25, 0.3) is 10.9 Å². The third-order valence-electron chi connectivity index (χ3n) is 2.83. The van der Waals surface area contributed by atoms with E-state index in [0.29, 0.717) is 23.0 Å². The molecule has 1 aromatic carbocycles. The van der Waals surface area contributed by atoms with Crippen LogP contribution in [-0.2, 0) is 6.54 Å². The fourth-order valence-electron chi connectivity index (χ4n) is 1.93. The second-order valence-electron chi connectivity index (χ2n) is 4.13. The molecule has 4 nitrogen and oxygen atoms in total. The van der Waals surface area contributed by atoms with Gasteiger partial charge in [0, 0.05) is 17.1 Å². The highest BCUT2D eigenvalue weighted by Crippen LogP contribution is 2.26. The lowest BCUT2D eigenvalue weighted by Gasteiger charge is -1.93. The van der Waals surface area contributed by atoms with Crippen molar-refractivity contribution in [2.45, 2.75) is 6.54 Å². The number of fused-ring (bicyclic) bond motifs is 1. The van der Waals surface area contributed by atoms with E-state index < -0.39 is 0 Å². The van der Waals surface area contributed by atoms with Crippen LogP contribution in [-0.4, -0.2) is 16.3 Å². The molecule has 96 valence electrons. The van der Waals surface area contributed by atoms with Crippen molar-refractivity contribution in [1.29, 1.82) is 0 Å². The molecule has 3 aromatic rings. The highest BCUT2D eigenvalue weighted by molar-refractivity contribution is 6.01. The molecular formula is C14H11FN2O2. The fourth-order valence-corrected chi connectivity index (χ4v) is 1.93. The molecule has 0 radical (unpaired) electrons. The van der Waals surface area contributed by atoms with Crippen LogP contribution < -0.4 is 0 Å². The van der Waals surface area contributed by atoms with Gasteiger partial charge in [0.2, 0.25) is 0 Å². The Morgan fingerprint density at radius 1 is 1.37 bits per heavy atom. The number of nitrogens with one attached hydrogen (secondary N) is 1. The molecule has 0 saturated heterocycles. The average Bonchev–Trinajstić information content (AvgIpc) is 2.99. The van der Waals surface area contributed by atoms with E-state index in [1.54, 1.807) is 18.4 Å². The highest BCUT2D eigenvalue weighted by atomic mass is 19.1. The summed E-state index contributed by atoms with van der Waals surface area (Å²) in [5.41, 5.74) is 1.14. The Morgan fingerprint density at radius 3 is 3.05 bits per heavy atom. The SMILES string of the molecule is Oc1[nH]c2ccc(F)cc2c1C=NCc1ccco1. The first-order chi connectivity index (χ1) is 9.24. The third-order valence-corrected chi connectivity index (χ3v) is 2.83. The quantitative estimate of drug-likeness (QED) is 0.708. The third kappa shape index (κ3) is 2.22. The van der Waals surface area contributed by atoms with E-state index in [0.717, 1.165) is 5.76 Å². The summed E-state index contributed by atoms with van der Waals surface area (Å²) >= 11 is 0. The van der Waals surface area contributed by atoms with Crippen LogP contribution in [0.4, 0.5) is 4.39 Å². The van der Waals surface area contributed by atoms with Gasteiger partial charge < -0.3 is 14.5 Å². The molecule has 0 aliphatic heterocycles. The Labute approximate surface area is 108 Å². The zero-order valence-corrected chi connectivity index (χ0v) is 9.93. The molecule has 0 unspecified atom stereocenters. The number of aromatic amines is 1. The van der Waals surface area contributed by atoms with E-state index in [4.69, 9.17) is 4.42 Å². The number of furan rings is 1. The van der Waals surface area contributed by atoms with E-state index in [1.807, 2.05) is 6.07 Å². The zero-order valence-electron chi connectivity index (χ0n) is 9.93. The summed E-state index contributed by atoms with van der Waals surface area (Å²) in [5, 5.41) is 10.4. The zero-order chi connectivity index (χ0) is 13.2. The highest BCUT2D eigenvalue weighted by Gasteiger charge is 2.09. The fraction of sp³-hybridized carbons (Fsp3) is 0.0714. The molecule has 0 aliphatic rings. The van der Waals surface area contributed by atoms with Gasteiger partial charge in [0.25, 0.3) is 0 Å². The number of H-pyrrole nitrogens is 1.